The Labute approximate surface area is 101 Å². The molecule has 0 bridgehead atoms. The largest absolute Gasteiger partial charge is 0.381 e. The number of aromatic nitrogens is 1. The van der Waals surface area contributed by atoms with Crippen molar-refractivity contribution in [2.24, 2.45) is 5.92 Å². The fraction of sp³-hybridized carbons (Fsp3) is 0.750. The Kier molecular flexibility index (Phi) is 4.32. The van der Waals surface area contributed by atoms with E-state index < -0.39 is 0 Å². The molecule has 0 saturated carbocycles. The van der Waals surface area contributed by atoms with E-state index in [1.165, 1.54) is 16.3 Å². The van der Waals surface area contributed by atoms with Gasteiger partial charge in [0.05, 0.1) is 11.6 Å². The summed E-state index contributed by atoms with van der Waals surface area (Å²) in [6, 6.07) is 0. The minimum Gasteiger partial charge on any atom is -0.381 e. The molecule has 0 spiro atoms. The number of ether oxygens (including phenoxy) is 1. The average molecular weight is 240 g/mol. The Hall–Kier alpha value is -0.450. The Bertz CT molecular complexity index is 319. The Balaban J connectivity index is 1.72. The summed E-state index contributed by atoms with van der Waals surface area (Å²) in [5, 5.41) is 4.72. The van der Waals surface area contributed by atoms with Gasteiger partial charge in [-0.1, -0.05) is 13.8 Å². The van der Waals surface area contributed by atoms with E-state index in [4.69, 9.17) is 4.74 Å². The van der Waals surface area contributed by atoms with E-state index in [0.717, 1.165) is 26.3 Å². The molecule has 0 amide bonds. The molecule has 90 valence electrons. The predicted octanol–water partition coefficient (Wildman–Crippen LogP) is 2.39. The van der Waals surface area contributed by atoms with Gasteiger partial charge in [-0.15, -0.1) is 11.3 Å². The fourth-order valence-electron chi connectivity index (χ4n) is 1.82. The molecule has 16 heavy (non-hydrogen) atoms. The number of nitrogens with one attached hydrogen (secondary N) is 1. The third-order valence-electron chi connectivity index (χ3n) is 2.82. The smallest absolute Gasteiger partial charge is 0.0953 e. The summed E-state index contributed by atoms with van der Waals surface area (Å²) in [6.45, 7) is 8.24. The van der Waals surface area contributed by atoms with Crippen LogP contribution in [0.5, 0.6) is 0 Å². The third kappa shape index (κ3) is 3.27. The molecule has 1 aromatic heterocycles. The second-order valence-electron chi connectivity index (χ2n) is 4.68. The van der Waals surface area contributed by atoms with E-state index in [0.29, 0.717) is 11.8 Å². The molecule has 1 aromatic rings. The van der Waals surface area contributed by atoms with E-state index in [9.17, 15) is 0 Å². The second kappa shape index (κ2) is 5.75. The van der Waals surface area contributed by atoms with Crippen LogP contribution in [0.25, 0.3) is 0 Å². The molecule has 0 radical (unpaired) electrons. The molecule has 4 heteroatoms. The summed E-state index contributed by atoms with van der Waals surface area (Å²) in [6.07, 6.45) is 3.20. The SMILES string of the molecule is CC(C)c1ncc(CNCC2CCOC2)s1. The van der Waals surface area contributed by atoms with Gasteiger partial charge in [-0.3, -0.25) is 0 Å². The van der Waals surface area contributed by atoms with Crippen LogP contribution in [0.15, 0.2) is 6.20 Å². The standard InChI is InChI=1S/C12H20N2OS/c1-9(2)12-14-7-11(16-12)6-13-5-10-3-4-15-8-10/h7,9-10,13H,3-6,8H2,1-2H3. The van der Waals surface area contributed by atoms with Crippen LogP contribution in [0.2, 0.25) is 0 Å². The van der Waals surface area contributed by atoms with Crippen LogP contribution < -0.4 is 5.32 Å². The number of hydrogen-bond acceptors (Lipinski definition) is 4. The van der Waals surface area contributed by atoms with E-state index in [-0.39, 0.29) is 0 Å². The van der Waals surface area contributed by atoms with Crippen molar-refractivity contribution >= 4 is 11.3 Å². The lowest BCUT2D eigenvalue weighted by Crippen LogP contribution is -2.22. The molecule has 1 N–H and O–H groups in total. The van der Waals surface area contributed by atoms with Crippen LogP contribution in [-0.4, -0.2) is 24.7 Å². The van der Waals surface area contributed by atoms with Crippen LogP contribution in [0.4, 0.5) is 0 Å². The van der Waals surface area contributed by atoms with Crippen molar-refractivity contribution in [1.29, 1.82) is 0 Å². The highest BCUT2D eigenvalue weighted by Gasteiger charge is 2.14. The van der Waals surface area contributed by atoms with E-state index in [2.05, 4.69) is 24.1 Å². The number of thiazole rings is 1. The molecular formula is C12H20N2OS. The first-order valence-corrected chi connectivity index (χ1v) is 6.80. The Morgan fingerprint density at radius 1 is 1.62 bits per heavy atom. The fourth-order valence-corrected chi connectivity index (χ4v) is 2.70. The van der Waals surface area contributed by atoms with Crippen molar-refractivity contribution in [2.45, 2.75) is 32.7 Å². The maximum atomic E-state index is 5.35. The molecular weight excluding hydrogens is 220 g/mol. The summed E-state index contributed by atoms with van der Waals surface area (Å²) in [7, 11) is 0. The average Bonchev–Trinajstić information content (AvgIpc) is 2.87. The van der Waals surface area contributed by atoms with Crippen LogP contribution in [-0.2, 0) is 11.3 Å². The van der Waals surface area contributed by atoms with Crippen LogP contribution >= 0.6 is 11.3 Å². The molecule has 2 heterocycles. The van der Waals surface area contributed by atoms with Gasteiger partial charge in [0, 0.05) is 36.7 Å². The van der Waals surface area contributed by atoms with Crippen molar-refractivity contribution in [1.82, 2.24) is 10.3 Å². The predicted molar refractivity (Wildman–Crippen MR) is 66.8 cm³/mol. The van der Waals surface area contributed by atoms with Crippen LogP contribution in [0.3, 0.4) is 0 Å². The molecule has 0 aliphatic carbocycles. The number of hydrogen-bond donors (Lipinski definition) is 1. The minimum atomic E-state index is 0.544. The highest BCUT2D eigenvalue weighted by molar-refractivity contribution is 7.11. The lowest BCUT2D eigenvalue weighted by atomic mass is 10.1. The van der Waals surface area contributed by atoms with Crippen LogP contribution in [0.1, 0.15) is 36.1 Å². The molecule has 1 fully saturated rings. The summed E-state index contributed by atoms with van der Waals surface area (Å²) in [5.41, 5.74) is 0. The van der Waals surface area contributed by atoms with E-state index in [1.54, 1.807) is 0 Å². The van der Waals surface area contributed by atoms with Gasteiger partial charge < -0.3 is 10.1 Å². The molecule has 1 aliphatic rings. The number of rotatable bonds is 5. The number of nitrogens with zero attached hydrogens (tertiary/aromatic N) is 1. The first-order valence-electron chi connectivity index (χ1n) is 5.98. The zero-order valence-corrected chi connectivity index (χ0v) is 10.8. The van der Waals surface area contributed by atoms with Crippen molar-refractivity contribution < 1.29 is 4.74 Å². The molecule has 0 aromatic carbocycles. The molecule has 2 rings (SSSR count). The lowest BCUT2D eigenvalue weighted by Gasteiger charge is -2.07. The molecule has 1 saturated heterocycles. The van der Waals surface area contributed by atoms with Gasteiger partial charge in [0.25, 0.3) is 0 Å². The molecule has 3 nitrogen and oxygen atoms in total. The lowest BCUT2D eigenvalue weighted by molar-refractivity contribution is 0.185. The first-order chi connectivity index (χ1) is 7.75. The zero-order valence-electron chi connectivity index (χ0n) is 10.0. The molecule has 1 aliphatic heterocycles. The van der Waals surface area contributed by atoms with Gasteiger partial charge in [-0.2, -0.15) is 0 Å². The van der Waals surface area contributed by atoms with Gasteiger partial charge in [0.15, 0.2) is 0 Å². The summed E-state index contributed by atoms with van der Waals surface area (Å²) in [5.74, 6) is 1.25. The first kappa shape index (κ1) is 12.0. The monoisotopic (exact) mass is 240 g/mol. The molecule has 1 unspecified atom stereocenters. The highest BCUT2D eigenvalue weighted by atomic mass is 32.1. The summed E-state index contributed by atoms with van der Waals surface area (Å²) in [4.78, 5) is 5.76. The van der Waals surface area contributed by atoms with Gasteiger partial charge in [0.2, 0.25) is 0 Å². The van der Waals surface area contributed by atoms with Crippen LogP contribution in [0, 0.1) is 5.92 Å². The second-order valence-corrected chi connectivity index (χ2v) is 5.83. The van der Waals surface area contributed by atoms with Crippen molar-refractivity contribution in [2.75, 3.05) is 19.8 Å². The Morgan fingerprint density at radius 2 is 2.50 bits per heavy atom. The maximum Gasteiger partial charge on any atom is 0.0953 e. The van der Waals surface area contributed by atoms with Gasteiger partial charge in [-0.05, 0) is 12.3 Å². The normalized spacial score (nSPS) is 20.8. The van der Waals surface area contributed by atoms with Crippen molar-refractivity contribution in [3.05, 3.63) is 16.1 Å². The van der Waals surface area contributed by atoms with Gasteiger partial charge in [-0.25, -0.2) is 4.98 Å². The highest BCUT2D eigenvalue weighted by Crippen LogP contribution is 2.21. The maximum absolute atomic E-state index is 5.35. The summed E-state index contributed by atoms with van der Waals surface area (Å²) >= 11 is 1.82. The molecule has 1 atom stereocenters. The van der Waals surface area contributed by atoms with E-state index in [1.807, 2.05) is 17.5 Å². The van der Waals surface area contributed by atoms with E-state index >= 15 is 0 Å². The Morgan fingerprint density at radius 3 is 3.12 bits per heavy atom. The van der Waals surface area contributed by atoms with Crippen molar-refractivity contribution in [3.63, 3.8) is 0 Å². The van der Waals surface area contributed by atoms with Crippen molar-refractivity contribution in [3.8, 4) is 0 Å². The topological polar surface area (TPSA) is 34.2 Å². The summed E-state index contributed by atoms with van der Waals surface area (Å²) < 4.78 is 5.35. The minimum absolute atomic E-state index is 0.544. The van der Waals surface area contributed by atoms with Gasteiger partial charge >= 0.3 is 0 Å². The third-order valence-corrected chi connectivity index (χ3v) is 4.12. The van der Waals surface area contributed by atoms with Gasteiger partial charge in [0.1, 0.15) is 0 Å². The quantitative estimate of drug-likeness (QED) is 0.858. The zero-order chi connectivity index (χ0) is 11.4.